The highest BCUT2D eigenvalue weighted by atomic mass is 35.5. The standard InChI is InChI=1S/C19H14ClF2NO2/c1-12-9-17(25-11-13-7-8-14(21)10-16(13)22)18(20)19(24)23(12)15-5-3-2-4-6-15/h2-10H,11H2,1H3. The van der Waals surface area contributed by atoms with E-state index < -0.39 is 17.2 Å². The van der Waals surface area contributed by atoms with E-state index in [2.05, 4.69) is 0 Å². The van der Waals surface area contributed by atoms with Crippen LogP contribution < -0.4 is 10.3 Å². The highest BCUT2D eigenvalue weighted by Gasteiger charge is 2.14. The molecule has 0 aliphatic carbocycles. The fraction of sp³-hybridized carbons (Fsp3) is 0.105. The first kappa shape index (κ1) is 17.2. The summed E-state index contributed by atoms with van der Waals surface area (Å²) in [6, 6.07) is 13.9. The van der Waals surface area contributed by atoms with Crippen LogP contribution in [0.3, 0.4) is 0 Å². The first-order chi connectivity index (χ1) is 12.0. The first-order valence-electron chi connectivity index (χ1n) is 7.51. The summed E-state index contributed by atoms with van der Waals surface area (Å²) in [4.78, 5) is 12.6. The molecule has 2 aromatic carbocycles. The molecule has 25 heavy (non-hydrogen) atoms. The van der Waals surface area contributed by atoms with Crippen LogP contribution in [0, 0.1) is 18.6 Å². The van der Waals surface area contributed by atoms with Gasteiger partial charge in [-0.05, 0) is 31.2 Å². The molecule has 0 bridgehead atoms. The normalized spacial score (nSPS) is 10.7. The SMILES string of the molecule is Cc1cc(OCc2ccc(F)cc2F)c(Cl)c(=O)n1-c1ccccc1. The van der Waals surface area contributed by atoms with Crippen molar-refractivity contribution >= 4 is 11.6 Å². The molecule has 3 rings (SSSR count). The number of hydrogen-bond acceptors (Lipinski definition) is 2. The van der Waals surface area contributed by atoms with E-state index in [0.717, 1.165) is 12.1 Å². The minimum atomic E-state index is -0.717. The van der Waals surface area contributed by atoms with E-state index in [1.807, 2.05) is 18.2 Å². The Bertz CT molecular complexity index is 971. The summed E-state index contributed by atoms with van der Waals surface area (Å²) in [6.07, 6.45) is 0. The van der Waals surface area contributed by atoms with E-state index in [-0.39, 0.29) is 22.9 Å². The molecule has 0 fully saturated rings. The van der Waals surface area contributed by atoms with E-state index in [1.165, 1.54) is 10.6 Å². The number of pyridine rings is 1. The topological polar surface area (TPSA) is 31.2 Å². The van der Waals surface area contributed by atoms with Crippen molar-refractivity contribution in [1.82, 2.24) is 4.57 Å². The van der Waals surface area contributed by atoms with Crippen LogP contribution in [-0.2, 0) is 6.61 Å². The third-order valence-corrected chi connectivity index (χ3v) is 4.06. The fourth-order valence-electron chi connectivity index (χ4n) is 2.48. The van der Waals surface area contributed by atoms with Crippen molar-refractivity contribution in [2.75, 3.05) is 0 Å². The zero-order valence-corrected chi connectivity index (χ0v) is 14.1. The van der Waals surface area contributed by atoms with E-state index in [0.29, 0.717) is 11.4 Å². The molecule has 0 spiro atoms. The minimum absolute atomic E-state index is 0.100. The van der Waals surface area contributed by atoms with Gasteiger partial charge >= 0.3 is 0 Å². The lowest BCUT2D eigenvalue weighted by Gasteiger charge is -2.14. The van der Waals surface area contributed by atoms with Gasteiger partial charge in [-0.15, -0.1) is 0 Å². The summed E-state index contributed by atoms with van der Waals surface area (Å²) in [5.74, 6) is -1.23. The number of aromatic nitrogens is 1. The quantitative estimate of drug-likeness (QED) is 0.677. The van der Waals surface area contributed by atoms with E-state index in [9.17, 15) is 13.6 Å². The van der Waals surface area contributed by atoms with Gasteiger partial charge in [0, 0.05) is 29.1 Å². The zero-order chi connectivity index (χ0) is 18.0. The van der Waals surface area contributed by atoms with Gasteiger partial charge in [0.2, 0.25) is 0 Å². The molecule has 0 radical (unpaired) electrons. The molecule has 1 aromatic heterocycles. The van der Waals surface area contributed by atoms with Crippen molar-refractivity contribution in [1.29, 1.82) is 0 Å². The Balaban J connectivity index is 1.92. The number of halogens is 3. The fourth-order valence-corrected chi connectivity index (χ4v) is 2.67. The molecule has 0 atom stereocenters. The molecule has 0 amide bonds. The van der Waals surface area contributed by atoms with Gasteiger partial charge in [-0.3, -0.25) is 9.36 Å². The second-order valence-corrected chi connectivity index (χ2v) is 5.84. The molecule has 0 unspecified atom stereocenters. The Hall–Kier alpha value is -2.66. The monoisotopic (exact) mass is 361 g/mol. The van der Waals surface area contributed by atoms with E-state index >= 15 is 0 Å². The van der Waals surface area contributed by atoms with Crippen LogP contribution in [-0.4, -0.2) is 4.57 Å². The van der Waals surface area contributed by atoms with Gasteiger partial charge in [0.25, 0.3) is 5.56 Å². The van der Waals surface area contributed by atoms with E-state index in [4.69, 9.17) is 16.3 Å². The smallest absolute Gasteiger partial charge is 0.277 e. The van der Waals surface area contributed by atoms with Crippen LogP contribution in [0.1, 0.15) is 11.3 Å². The summed E-state index contributed by atoms with van der Waals surface area (Å²) in [5.41, 5.74) is 1.04. The minimum Gasteiger partial charge on any atom is -0.487 e. The van der Waals surface area contributed by atoms with Crippen LogP contribution >= 0.6 is 11.6 Å². The average molecular weight is 362 g/mol. The lowest BCUT2D eigenvalue weighted by molar-refractivity contribution is 0.298. The molecule has 0 aliphatic rings. The lowest BCUT2D eigenvalue weighted by Crippen LogP contribution is -2.21. The predicted molar refractivity (Wildman–Crippen MR) is 92.5 cm³/mol. The molecule has 6 heteroatoms. The number of benzene rings is 2. The van der Waals surface area contributed by atoms with Gasteiger partial charge in [-0.25, -0.2) is 8.78 Å². The molecule has 0 aliphatic heterocycles. The summed E-state index contributed by atoms with van der Waals surface area (Å²) < 4.78 is 33.6. The average Bonchev–Trinajstić information content (AvgIpc) is 2.59. The van der Waals surface area contributed by atoms with Crippen LogP contribution in [0.4, 0.5) is 8.78 Å². The zero-order valence-electron chi connectivity index (χ0n) is 13.3. The predicted octanol–water partition coefficient (Wildman–Crippen LogP) is 4.66. The second-order valence-electron chi connectivity index (χ2n) is 5.46. The van der Waals surface area contributed by atoms with Crippen LogP contribution in [0.25, 0.3) is 5.69 Å². The van der Waals surface area contributed by atoms with Crippen molar-refractivity contribution in [2.45, 2.75) is 13.5 Å². The van der Waals surface area contributed by atoms with Gasteiger partial charge in [-0.2, -0.15) is 0 Å². The van der Waals surface area contributed by atoms with Crippen LogP contribution in [0.15, 0.2) is 59.4 Å². The summed E-state index contributed by atoms with van der Waals surface area (Å²) >= 11 is 6.14. The third kappa shape index (κ3) is 3.56. The van der Waals surface area contributed by atoms with Gasteiger partial charge in [0.05, 0.1) is 0 Å². The van der Waals surface area contributed by atoms with Crippen molar-refractivity contribution in [3.05, 3.63) is 92.9 Å². The maximum absolute atomic E-state index is 13.7. The van der Waals surface area contributed by atoms with Crippen LogP contribution in [0.2, 0.25) is 5.02 Å². The summed E-state index contributed by atoms with van der Waals surface area (Å²) in [5, 5.41) is -0.100. The maximum Gasteiger partial charge on any atom is 0.277 e. The molecule has 3 aromatic rings. The second kappa shape index (κ2) is 7.07. The molecule has 0 saturated carbocycles. The largest absolute Gasteiger partial charge is 0.487 e. The van der Waals surface area contributed by atoms with Gasteiger partial charge in [0.1, 0.15) is 29.0 Å². The van der Waals surface area contributed by atoms with Crippen molar-refractivity contribution in [3.8, 4) is 11.4 Å². The van der Waals surface area contributed by atoms with Crippen molar-refractivity contribution < 1.29 is 13.5 Å². The number of rotatable bonds is 4. The Morgan fingerprint density at radius 2 is 1.80 bits per heavy atom. The number of hydrogen-bond donors (Lipinski definition) is 0. The molecule has 0 saturated heterocycles. The van der Waals surface area contributed by atoms with Gasteiger partial charge in [-0.1, -0.05) is 29.8 Å². The summed E-state index contributed by atoms with van der Waals surface area (Å²) in [7, 11) is 0. The molecular formula is C19H14ClF2NO2. The van der Waals surface area contributed by atoms with Crippen molar-refractivity contribution in [2.24, 2.45) is 0 Å². The number of aryl methyl sites for hydroxylation is 1. The highest BCUT2D eigenvalue weighted by Crippen LogP contribution is 2.25. The molecular weight excluding hydrogens is 348 g/mol. The van der Waals surface area contributed by atoms with Gasteiger partial charge < -0.3 is 4.74 Å². The Kier molecular flexibility index (Phi) is 4.86. The Morgan fingerprint density at radius 1 is 1.08 bits per heavy atom. The third-order valence-electron chi connectivity index (χ3n) is 3.71. The molecule has 0 N–H and O–H groups in total. The number of nitrogens with zero attached hydrogens (tertiary/aromatic N) is 1. The highest BCUT2D eigenvalue weighted by molar-refractivity contribution is 6.31. The summed E-state index contributed by atoms with van der Waals surface area (Å²) in [6.45, 7) is 1.58. The van der Waals surface area contributed by atoms with E-state index in [1.54, 1.807) is 25.1 Å². The van der Waals surface area contributed by atoms with Gasteiger partial charge in [0.15, 0.2) is 0 Å². The first-order valence-corrected chi connectivity index (χ1v) is 7.89. The number of ether oxygens (including phenoxy) is 1. The molecule has 3 nitrogen and oxygen atoms in total. The Labute approximate surface area is 148 Å². The van der Waals surface area contributed by atoms with Crippen LogP contribution in [0.5, 0.6) is 5.75 Å². The lowest BCUT2D eigenvalue weighted by atomic mass is 10.2. The Morgan fingerprint density at radius 3 is 2.48 bits per heavy atom. The molecule has 1 heterocycles. The molecule has 128 valence electrons. The number of para-hydroxylation sites is 1. The van der Waals surface area contributed by atoms with Crippen molar-refractivity contribution in [3.63, 3.8) is 0 Å². The maximum atomic E-state index is 13.7.